The Kier molecular flexibility index (Phi) is 6.65. The fourth-order valence-corrected chi connectivity index (χ4v) is 5.21. The van der Waals surface area contributed by atoms with Crippen LogP contribution in [0.1, 0.15) is 55.7 Å². The lowest BCUT2D eigenvalue weighted by Crippen LogP contribution is -2.31. The van der Waals surface area contributed by atoms with Crippen LogP contribution in [0.5, 0.6) is 0 Å². The minimum atomic E-state index is -2.90. The van der Waals surface area contributed by atoms with E-state index in [-0.39, 0.29) is 11.7 Å². The molecule has 0 saturated heterocycles. The van der Waals surface area contributed by atoms with E-state index in [4.69, 9.17) is 0 Å². The van der Waals surface area contributed by atoms with Crippen molar-refractivity contribution in [3.05, 3.63) is 34.9 Å². The second kappa shape index (κ2) is 8.97. The SMILES string of the molecule is CCCCS(=O)(=O)CCCNC1Cc2ccc(C3=NNC(=O)CC3)cc2C1. The second-order valence-electron chi connectivity index (χ2n) is 7.50. The van der Waals surface area contributed by atoms with Gasteiger partial charge >= 0.3 is 0 Å². The number of hydrogen-bond donors (Lipinski definition) is 2. The number of amides is 1. The maximum Gasteiger partial charge on any atom is 0.240 e. The topological polar surface area (TPSA) is 87.6 Å². The maximum absolute atomic E-state index is 11.9. The van der Waals surface area contributed by atoms with Gasteiger partial charge in [0.15, 0.2) is 0 Å². The fourth-order valence-electron chi connectivity index (χ4n) is 3.69. The highest BCUT2D eigenvalue weighted by Gasteiger charge is 2.22. The minimum absolute atomic E-state index is 0.0270. The molecule has 1 aromatic rings. The van der Waals surface area contributed by atoms with Crippen LogP contribution in [-0.2, 0) is 27.5 Å². The van der Waals surface area contributed by atoms with Gasteiger partial charge in [-0.25, -0.2) is 13.8 Å². The Morgan fingerprint density at radius 1 is 1.15 bits per heavy atom. The van der Waals surface area contributed by atoms with Crippen molar-refractivity contribution in [1.82, 2.24) is 10.7 Å². The Balaban J connectivity index is 1.47. The van der Waals surface area contributed by atoms with E-state index in [0.29, 0.717) is 31.1 Å². The van der Waals surface area contributed by atoms with Gasteiger partial charge in [-0.15, -0.1) is 0 Å². The van der Waals surface area contributed by atoms with Gasteiger partial charge in [0.25, 0.3) is 0 Å². The van der Waals surface area contributed by atoms with E-state index in [1.54, 1.807) is 0 Å². The van der Waals surface area contributed by atoms with E-state index in [1.165, 1.54) is 11.1 Å². The molecule has 0 aromatic heterocycles. The summed E-state index contributed by atoms with van der Waals surface area (Å²) in [4.78, 5) is 11.2. The van der Waals surface area contributed by atoms with Gasteiger partial charge in [-0.1, -0.05) is 25.5 Å². The molecule has 148 valence electrons. The molecule has 6 nitrogen and oxygen atoms in total. The van der Waals surface area contributed by atoms with Gasteiger partial charge in [-0.2, -0.15) is 5.10 Å². The molecule has 1 heterocycles. The van der Waals surface area contributed by atoms with Crippen molar-refractivity contribution < 1.29 is 13.2 Å². The van der Waals surface area contributed by atoms with Crippen LogP contribution in [0.3, 0.4) is 0 Å². The van der Waals surface area contributed by atoms with Crippen molar-refractivity contribution in [2.24, 2.45) is 5.10 Å². The van der Waals surface area contributed by atoms with Gasteiger partial charge in [0.2, 0.25) is 5.91 Å². The van der Waals surface area contributed by atoms with Gasteiger partial charge in [0, 0.05) is 18.9 Å². The molecule has 1 amide bonds. The molecule has 1 aliphatic heterocycles. The van der Waals surface area contributed by atoms with E-state index in [1.807, 2.05) is 6.92 Å². The number of unbranched alkanes of at least 4 members (excludes halogenated alkanes) is 1. The zero-order valence-electron chi connectivity index (χ0n) is 16.0. The third-order valence-corrected chi connectivity index (χ3v) is 7.07. The molecular formula is C20H29N3O3S. The summed E-state index contributed by atoms with van der Waals surface area (Å²) in [6, 6.07) is 6.78. The zero-order chi connectivity index (χ0) is 19.3. The summed E-state index contributed by atoms with van der Waals surface area (Å²) in [6.07, 6.45) is 5.43. The first-order valence-corrected chi connectivity index (χ1v) is 11.7. The Morgan fingerprint density at radius 2 is 1.93 bits per heavy atom. The lowest BCUT2D eigenvalue weighted by Gasteiger charge is -2.13. The van der Waals surface area contributed by atoms with Gasteiger partial charge in [-0.05, 0) is 55.0 Å². The molecule has 2 aliphatic rings. The first-order valence-electron chi connectivity index (χ1n) is 9.88. The molecule has 3 rings (SSSR count). The number of rotatable bonds is 9. The molecule has 1 unspecified atom stereocenters. The van der Waals surface area contributed by atoms with Crippen LogP contribution in [0.2, 0.25) is 0 Å². The van der Waals surface area contributed by atoms with Crippen LogP contribution in [0.15, 0.2) is 23.3 Å². The number of sulfone groups is 1. The third-order valence-electron chi connectivity index (χ3n) is 5.25. The van der Waals surface area contributed by atoms with Gasteiger partial charge in [-0.3, -0.25) is 4.79 Å². The highest BCUT2D eigenvalue weighted by molar-refractivity contribution is 7.91. The lowest BCUT2D eigenvalue weighted by atomic mass is 10.00. The molecule has 0 fully saturated rings. The molecule has 7 heteroatoms. The van der Waals surface area contributed by atoms with Crippen molar-refractivity contribution in [3.63, 3.8) is 0 Å². The summed E-state index contributed by atoms with van der Waals surface area (Å²) < 4.78 is 23.8. The summed E-state index contributed by atoms with van der Waals surface area (Å²) >= 11 is 0. The predicted octanol–water partition coefficient (Wildman–Crippen LogP) is 1.96. The summed E-state index contributed by atoms with van der Waals surface area (Å²) in [7, 11) is -2.90. The average molecular weight is 392 g/mol. The highest BCUT2D eigenvalue weighted by atomic mass is 32.2. The number of hydrazone groups is 1. The van der Waals surface area contributed by atoms with Crippen LogP contribution in [0, 0.1) is 0 Å². The zero-order valence-corrected chi connectivity index (χ0v) is 16.8. The molecular weight excluding hydrogens is 362 g/mol. The van der Waals surface area contributed by atoms with E-state index in [0.717, 1.165) is 43.5 Å². The number of benzene rings is 1. The molecule has 27 heavy (non-hydrogen) atoms. The number of nitrogens with zero attached hydrogens (tertiary/aromatic N) is 1. The van der Waals surface area contributed by atoms with E-state index in [9.17, 15) is 13.2 Å². The van der Waals surface area contributed by atoms with Crippen LogP contribution >= 0.6 is 0 Å². The molecule has 1 atom stereocenters. The van der Waals surface area contributed by atoms with Gasteiger partial charge in [0.05, 0.1) is 17.2 Å². The Hall–Kier alpha value is -1.73. The minimum Gasteiger partial charge on any atom is -0.313 e. The Labute approximate surface area is 161 Å². The largest absolute Gasteiger partial charge is 0.313 e. The van der Waals surface area contributed by atoms with Gasteiger partial charge < -0.3 is 5.32 Å². The number of hydrogen-bond acceptors (Lipinski definition) is 5. The summed E-state index contributed by atoms with van der Waals surface area (Å²) in [5.41, 5.74) is 7.23. The molecule has 0 bridgehead atoms. The maximum atomic E-state index is 11.9. The smallest absolute Gasteiger partial charge is 0.240 e. The third kappa shape index (κ3) is 5.62. The predicted molar refractivity (Wildman–Crippen MR) is 108 cm³/mol. The standard InChI is InChI=1S/C20H29N3O3S/c1-2-3-10-27(25,26)11-4-9-21-18-13-15-5-6-16(12-17(15)14-18)19-7-8-20(24)23-22-19/h5-6,12,18,21H,2-4,7-11,13-14H2,1H3,(H,23,24). The summed E-state index contributed by atoms with van der Waals surface area (Å²) in [5, 5.41) is 7.68. The number of carbonyl (C=O) groups is 1. The first kappa shape index (κ1) is 20.0. The Morgan fingerprint density at radius 3 is 2.67 bits per heavy atom. The van der Waals surface area contributed by atoms with E-state index >= 15 is 0 Å². The average Bonchev–Trinajstić information content (AvgIpc) is 3.06. The fraction of sp³-hybridized carbons (Fsp3) is 0.600. The first-order chi connectivity index (χ1) is 13.0. The normalized spacial score (nSPS) is 19.5. The highest BCUT2D eigenvalue weighted by Crippen LogP contribution is 2.24. The summed E-state index contributed by atoms with van der Waals surface area (Å²) in [6.45, 7) is 2.74. The van der Waals surface area contributed by atoms with Crippen molar-refractivity contribution in [2.75, 3.05) is 18.1 Å². The van der Waals surface area contributed by atoms with Crippen LogP contribution in [0.25, 0.3) is 0 Å². The molecule has 0 radical (unpaired) electrons. The number of nitrogens with one attached hydrogen (secondary N) is 2. The molecule has 0 saturated carbocycles. The molecule has 0 spiro atoms. The van der Waals surface area contributed by atoms with Crippen molar-refractivity contribution in [3.8, 4) is 0 Å². The molecule has 1 aromatic carbocycles. The number of carbonyl (C=O) groups excluding carboxylic acids is 1. The van der Waals surface area contributed by atoms with Gasteiger partial charge in [0.1, 0.15) is 9.84 Å². The van der Waals surface area contributed by atoms with Crippen molar-refractivity contribution >= 4 is 21.5 Å². The van der Waals surface area contributed by atoms with Crippen LogP contribution in [-0.4, -0.2) is 44.1 Å². The van der Waals surface area contributed by atoms with Crippen LogP contribution < -0.4 is 10.7 Å². The Bertz CT molecular complexity index is 818. The number of fused-ring (bicyclic) bond motifs is 1. The van der Waals surface area contributed by atoms with Crippen LogP contribution in [0.4, 0.5) is 0 Å². The second-order valence-corrected chi connectivity index (χ2v) is 9.80. The summed E-state index contributed by atoms with van der Waals surface area (Å²) in [5.74, 6) is 0.557. The molecule has 2 N–H and O–H groups in total. The quantitative estimate of drug-likeness (QED) is 0.630. The van der Waals surface area contributed by atoms with E-state index in [2.05, 4.69) is 34.0 Å². The van der Waals surface area contributed by atoms with Crippen molar-refractivity contribution in [1.29, 1.82) is 0 Å². The monoisotopic (exact) mass is 391 g/mol. The van der Waals surface area contributed by atoms with E-state index < -0.39 is 9.84 Å². The van der Waals surface area contributed by atoms with Crippen molar-refractivity contribution in [2.45, 2.75) is 57.9 Å². The lowest BCUT2D eigenvalue weighted by molar-refractivity contribution is -0.121. The molecule has 1 aliphatic carbocycles.